The van der Waals surface area contributed by atoms with Crippen LogP contribution < -0.4 is 14.4 Å². The van der Waals surface area contributed by atoms with E-state index in [4.69, 9.17) is 9.47 Å². The van der Waals surface area contributed by atoms with Crippen molar-refractivity contribution in [2.45, 2.75) is 13.8 Å². The number of carbonyl (C=O) groups is 2. The van der Waals surface area contributed by atoms with E-state index in [9.17, 15) is 9.59 Å². The summed E-state index contributed by atoms with van der Waals surface area (Å²) < 4.78 is 10.8. The molecule has 0 amide bonds. The van der Waals surface area contributed by atoms with Crippen molar-refractivity contribution in [3.8, 4) is 33.8 Å². The number of carbonyl (C=O) groups excluding carboxylic acids is 2. The van der Waals surface area contributed by atoms with Gasteiger partial charge in [0.25, 0.3) is 0 Å². The molecular weight excluding hydrogens is 655 g/mol. The van der Waals surface area contributed by atoms with Gasteiger partial charge in [0.1, 0.15) is 11.5 Å². The molecule has 0 saturated heterocycles. The van der Waals surface area contributed by atoms with Gasteiger partial charge in [0.15, 0.2) is 0 Å². The SMILES string of the molecule is C=C(C)C(=O)Oc1ccc(-c2ccc(N(c3ccc(-c4ccc(OC(=O)C(=C)C)cc4)cc3)c3ccc4ccc5cccc6ccc3c4c56)cc2)cc1. The van der Waals surface area contributed by atoms with E-state index in [1.54, 1.807) is 38.1 Å². The molecule has 8 aromatic rings. The Labute approximate surface area is 308 Å². The first kappa shape index (κ1) is 33.2. The fourth-order valence-electron chi connectivity index (χ4n) is 6.77. The van der Waals surface area contributed by atoms with Crippen LogP contribution in [0.2, 0.25) is 0 Å². The Morgan fingerprint density at radius 1 is 0.453 bits per heavy atom. The Kier molecular flexibility index (Phi) is 8.53. The minimum Gasteiger partial charge on any atom is -0.423 e. The van der Waals surface area contributed by atoms with E-state index in [0.717, 1.165) is 39.3 Å². The summed E-state index contributed by atoms with van der Waals surface area (Å²) in [6.45, 7) is 10.6. The highest BCUT2D eigenvalue weighted by Gasteiger charge is 2.19. The lowest BCUT2D eigenvalue weighted by molar-refractivity contribution is -0.130. The largest absolute Gasteiger partial charge is 0.423 e. The van der Waals surface area contributed by atoms with Crippen LogP contribution in [0.1, 0.15) is 13.8 Å². The fraction of sp³-hybridized carbons (Fsp3) is 0.0417. The molecule has 0 heterocycles. The van der Waals surface area contributed by atoms with Crippen LogP contribution in [0.25, 0.3) is 54.6 Å². The smallest absolute Gasteiger partial charge is 0.338 e. The van der Waals surface area contributed by atoms with E-state index >= 15 is 0 Å². The molecule has 256 valence electrons. The van der Waals surface area contributed by atoms with Crippen LogP contribution in [0.5, 0.6) is 11.5 Å². The van der Waals surface area contributed by atoms with Gasteiger partial charge >= 0.3 is 11.9 Å². The maximum Gasteiger partial charge on any atom is 0.338 e. The average Bonchev–Trinajstić information content (AvgIpc) is 3.18. The van der Waals surface area contributed by atoms with Gasteiger partial charge in [0.2, 0.25) is 0 Å². The number of nitrogens with zero attached hydrogens (tertiary/aromatic N) is 1. The Morgan fingerprint density at radius 2 is 0.830 bits per heavy atom. The van der Waals surface area contributed by atoms with Gasteiger partial charge in [-0.05, 0) is 118 Å². The highest BCUT2D eigenvalue weighted by atomic mass is 16.5. The summed E-state index contributed by atoms with van der Waals surface area (Å²) in [5.41, 5.74) is 7.88. The number of benzene rings is 8. The molecule has 8 aromatic carbocycles. The predicted octanol–water partition coefficient (Wildman–Crippen LogP) is 12.4. The predicted molar refractivity (Wildman–Crippen MR) is 217 cm³/mol. The third kappa shape index (κ3) is 6.41. The third-order valence-electron chi connectivity index (χ3n) is 9.49. The molecular formula is C48H35NO4. The van der Waals surface area contributed by atoms with E-state index in [2.05, 4.69) is 121 Å². The summed E-state index contributed by atoms with van der Waals surface area (Å²) in [6.07, 6.45) is 0. The Balaban J connectivity index is 1.18. The number of hydrogen-bond acceptors (Lipinski definition) is 5. The number of rotatable bonds is 9. The number of ether oxygens (including phenoxy) is 2. The van der Waals surface area contributed by atoms with Crippen LogP contribution in [-0.2, 0) is 9.59 Å². The van der Waals surface area contributed by atoms with Crippen molar-refractivity contribution >= 4 is 61.3 Å². The first-order chi connectivity index (χ1) is 25.7. The molecule has 5 heteroatoms. The minimum atomic E-state index is -0.443. The van der Waals surface area contributed by atoms with Gasteiger partial charge in [-0.3, -0.25) is 0 Å². The third-order valence-corrected chi connectivity index (χ3v) is 9.49. The number of esters is 2. The summed E-state index contributed by atoms with van der Waals surface area (Å²) in [6, 6.07) is 51.7. The second-order valence-corrected chi connectivity index (χ2v) is 13.3. The molecule has 0 unspecified atom stereocenters. The van der Waals surface area contributed by atoms with Crippen LogP contribution >= 0.6 is 0 Å². The zero-order valence-corrected chi connectivity index (χ0v) is 29.4. The van der Waals surface area contributed by atoms with E-state index in [1.807, 2.05) is 24.3 Å². The van der Waals surface area contributed by atoms with Gasteiger partial charge in [-0.25, -0.2) is 9.59 Å². The minimum absolute atomic E-state index is 0.353. The molecule has 0 radical (unpaired) electrons. The van der Waals surface area contributed by atoms with Crippen molar-refractivity contribution in [2.75, 3.05) is 4.90 Å². The van der Waals surface area contributed by atoms with Crippen molar-refractivity contribution in [3.63, 3.8) is 0 Å². The van der Waals surface area contributed by atoms with Crippen LogP contribution in [-0.4, -0.2) is 11.9 Å². The summed E-state index contributed by atoms with van der Waals surface area (Å²) in [7, 11) is 0. The number of anilines is 3. The van der Waals surface area contributed by atoms with Gasteiger partial charge < -0.3 is 14.4 Å². The standard InChI is InChI=1S/C48H35NO4/c1-30(2)47(50)52-41-24-14-34(15-25-41)32-10-20-39(21-11-32)49(40-22-12-33(13-23-40)35-16-26-42(27-17-35)53-48(51)31(3)4)44-29-19-38-9-8-36-6-5-7-37-18-28-43(44)46(38)45(36)37/h5-29H,1,3H2,2,4H3. The van der Waals surface area contributed by atoms with E-state index in [0.29, 0.717) is 22.6 Å². The van der Waals surface area contributed by atoms with Gasteiger partial charge in [-0.1, -0.05) is 110 Å². The van der Waals surface area contributed by atoms with Crippen molar-refractivity contribution in [1.29, 1.82) is 0 Å². The van der Waals surface area contributed by atoms with Crippen LogP contribution in [0, 0.1) is 0 Å². The molecule has 0 aliphatic heterocycles. The first-order valence-electron chi connectivity index (χ1n) is 17.4. The summed E-state index contributed by atoms with van der Waals surface area (Å²) in [4.78, 5) is 26.3. The van der Waals surface area contributed by atoms with Crippen LogP contribution in [0.4, 0.5) is 17.1 Å². The second-order valence-electron chi connectivity index (χ2n) is 13.3. The Morgan fingerprint density at radius 3 is 1.26 bits per heavy atom. The second kappa shape index (κ2) is 13.6. The van der Waals surface area contributed by atoms with E-state index < -0.39 is 11.9 Å². The highest BCUT2D eigenvalue weighted by Crippen LogP contribution is 2.44. The van der Waals surface area contributed by atoms with Gasteiger partial charge in [-0.15, -0.1) is 0 Å². The zero-order chi connectivity index (χ0) is 36.6. The van der Waals surface area contributed by atoms with Crippen molar-refractivity contribution in [2.24, 2.45) is 0 Å². The normalized spacial score (nSPS) is 11.1. The van der Waals surface area contributed by atoms with Gasteiger partial charge in [-0.2, -0.15) is 0 Å². The zero-order valence-electron chi connectivity index (χ0n) is 29.4. The molecule has 0 N–H and O–H groups in total. The Bertz CT molecular complexity index is 2540. The lowest BCUT2D eigenvalue weighted by Crippen LogP contribution is -2.10. The van der Waals surface area contributed by atoms with Crippen molar-refractivity contribution in [1.82, 2.24) is 0 Å². The topological polar surface area (TPSA) is 55.8 Å². The lowest BCUT2D eigenvalue weighted by atomic mass is 9.93. The quantitative estimate of drug-likeness (QED) is 0.0653. The molecule has 53 heavy (non-hydrogen) atoms. The Hall–Kier alpha value is -6.98. The molecule has 8 rings (SSSR count). The van der Waals surface area contributed by atoms with Crippen molar-refractivity contribution < 1.29 is 19.1 Å². The lowest BCUT2D eigenvalue weighted by Gasteiger charge is -2.28. The maximum absolute atomic E-state index is 12.0. The van der Waals surface area contributed by atoms with E-state index in [-0.39, 0.29) is 0 Å². The highest BCUT2D eigenvalue weighted by molar-refractivity contribution is 6.25. The molecule has 0 saturated carbocycles. The summed E-state index contributed by atoms with van der Waals surface area (Å²) in [5.74, 6) is 0.0661. The van der Waals surface area contributed by atoms with Crippen LogP contribution in [0.3, 0.4) is 0 Å². The van der Waals surface area contributed by atoms with Crippen LogP contribution in [0.15, 0.2) is 176 Å². The molecule has 0 atom stereocenters. The molecule has 0 spiro atoms. The van der Waals surface area contributed by atoms with Gasteiger partial charge in [0, 0.05) is 27.9 Å². The molecule has 5 nitrogen and oxygen atoms in total. The molecule has 0 bridgehead atoms. The van der Waals surface area contributed by atoms with Gasteiger partial charge in [0.05, 0.1) is 5.69 Å². The summed E-state index contributed by atoms with van der Waals surface area (Å²) >= 11 is 0. The molecule has 0 aromatic heterocycles. The monoisotopic (exact) mass is 689 g/mol. The van der Waals surface area contributed by atoms with Crippen molar-refractivity contribution in [3.05, 3.63) is 176 Å². The molecule has 0 aliphatic rings. The average molecular weight is 690 g/mol. The fourth-order valence-corrected chi connectivity index (χ4v) is 6.77. The summed E-state index contributed by atoms with van der Waals surface area (Å²) in [5, 5.41) is 7.33. The first-order valence-corrected chi connectivity index (χ1v) is 17.4. The van der Waals surface area contributed by atoms with E-state index in [1.165, 1.54) is 32.3 Å². The number of hydrogen-bond donors (Lipinski definition) is 0. The maximum atomic E-state index is 12.0. The molecule has 0 fully saturated rings. The molecule has 0 aliphatic carbocycles.